The van der Waals surface area contributed by atoms with E-state index in [1.54, 1.807) is 0 Å². The first-order chi connectivity index (χ1) is 5.93. The Hall–Kier alpha value is 0.310. The lowest BCUT2D eigenvalue weighted by molar-refractivity contribution is 0.380. The zero-order valence-electron chi connectivity index (χ0n) is 8.22. The smallest absolute Gasteiger partial charge is 0.00893 e. The first-order valence-corrected chi connectivity index (χ1v) is 6.25. The summed E-state index contributed by atoms with van der Waals surface area (Å²) >= 11 is 2.07. The minimum Gasteiger partial charge on any atom is -0.251 e. The second kappa shape index (κ2) is 6.79. The Morgan fingerprint density at radius 3 is 2.50 bits per heavy atom. The molecule has 0 atom stereocenters. The largest absolute Gasteiger partial charge is 0.251 e. The van der Waals surface area contributed by atoms with Crippen LogP contribution < -0.4 is 0 Å². The predicted octanol–water partition coefficient (Wildman–Crippen LogP) is 3.31. The van der Waals surface area contributed by atoms with Crippen LogP contribution in [0.3, 0.4) is 0 Å². The molecule has 0 aromatic rings. The highest BCUT2D eigenvalue weighted by Gasteiger charge is 2.09. The highest BCUT2D eigenvalue weighted by atomic mass is 32.2. The van der Waals surface area contributed by atoms with E-state index in [-0.39, 0.29) is 0 Å². The fourth-order valence-electron chi connectivity index (χ4n) is 1.54. The molecule has 0 aromatic carbocycles. The Morgan fingerprint density at radius 1 is 1.08 bits per heavy atom. The van der Waals surface area contributed by atoms with E-state index in [2.05, 4.69) is 23.2 Å². The molecule has 0 aromatic heterocycles. The van der Waals surface area contributed by atoms with Crippen molar-refractivity contribution >= 4 is 11.9 Å². The van der Waals surface area contributed by atoms with Gasteiger partial charge in [-0.1, -0.05) is 38.1 Å². The number of nitrogens with zero attached hydrogens (tertiary/aromatic N) is 1. The summed E-state index contributed by atoms with van der Waals surface area (Å²) < 4.78 is 2.55. The zero-order valence-corrected chi connectivity index (χ0v) is 9.04. The van der Waals surface area contributed by atoms with Crippen molar-refractivity contribution in [3.8, 4) is 0 Å². The Bertz CT molecular complexity index is 100. The molecular weight excluding hydrogens is 166 g/mol. The quantitative estimate of drug-likeness (QED) is 0.480. The highest BCUT2D eigenvalue weighted by Crippen LogP contribution is 2.18. The van der Waals surface area contributed by atoms with Crippen molar-refractivity contribution in [1.82, 2.24) is 4.31 Å². The van der Waals surface area contributed by atoms with E-state index in [1.807, 2.05) is 0 Å². The number of piperidine rings is 1. The van der Waals surface area contributed by atoms with E-state index in [0.29, 0.717) is 0 Å². The molecular formula is C10H21NS. The standard InChI is InChI=1S/C10H21NS/c1-2-3-7-10-12-11-8-5-4-6-9-11/h2-10H2,1H3. The number of hydrogen-bond acceptors (Lipinski definition) is 2. The van der Waals surface area contributed by atoms with Crippen LogP contribution in [0.15, 0.2) is 0 Å². The maximum Gasteiger partial charge on any atom is 0.00893 e. The van der Waals surface area contributed by atoms with Gasteiger partial charge < -0.3 is 0 Å². The van der Waals surface area contributed by atoms with Crippen LogP contribution in [-0.4, -0.2) is 23.1 Å². The molecule has 0 amide bonds. The van der Waals surface area contributed by atoms with Crippen molar-refractivity contribution in [2.24, 2.45) is 0 Å². The van der Waals surface area contributed by atoms with E-state index >= 15 is 0 Å². The summed E-state index contributed by atoms with van der Waals surface area (Å²) in [5.74, 6) is 1.34. The maximum absolute atomic E-state index is 2.55. The van der Waals surface area contributed by atoms with Crippen molar-refractivity contribution in [2.45, 2.75) is 45.4 Å². The lowest BCUT2D eigenvalue weighted by atomic mass is 10.2. The molecule has 1 saturated heterocycles. The third kappa shape index (κ3) is 4.36. The first-order valence-electron chi connectivity index (χ1n) is 5.31. The summed E-state index contributed by atoms with van der Waals surface area (Å²) in [5, 5.41) is 0. The molecule has 1 heterocycles. The van der Waals surface area contributed by atoms with Gasteiger partial charge in [-0.25, -0.2) is 0 Å². The molecule has 0 N–H and O–H groups in total. The normalized spacial score (nSPS) is 19.8. The minimum atomic E-state index is 1.33. The van der Waals surface area contributed by atoms with Crippen molar-refractivity contribution in [3.05, 3.63) is 0 Å². The molecule has 0 saturated carbocycles. The van der Waals surface area contributed by atoms with E-state index in [4.69, 9.17) is 0 Å². The highest BCUT2D eigenvalue weighted by molar-refractivity contribution is 7.97. The molecule has 0 unspecified atom stereocenters. The van der Waals surface area contributed by atoms with Gasteiger partial charge in [0.05, 0.1) is 0 Å². The third-order valence-electron chi connectivity index (χ3n) is 2.34. The van der Waals surface area contributed by atoms with Crippen LogP contribution in [0.4, 0.5) is 0 Å². The van der Waals surface area contributed by atoms with Crippen molar-refractivity contribution in [3.63, 3.8) is 0 Å². The van der Waals surface area contributed by atoms with Crippen molar-refractivity contribution in [1.29, 1.82) is 0 Å². The fourth-order valence-corrected chi connectivity index (χ4v) is 2.65. The van der Waals surface area contributed by atoms with E-state index in [9.17, 15) is 0 Å². The summed E-state index contributed by atoms with van der Waals surface area (Å²) in [6.45, 7) is 4.93. The average Bonchev–Trinajstić information content (AvgIpc) is 2.14. The molecule has 0 radical (unpaired) electrons. The van der Waals surface area contributed by atoms with Gasteiger partial charge in [-0.05, 0) is 19.3 Å². The van der Waals surface area contributed by atoms with Gasteiger partial charge in [0, 0.05) is 18.8 Å². The summed E-state index contributed by atoms with van der Waals surface area (Å²) in [6.07, 6.45) is 8.44. The van der Waals surface area contributed by atoms with Gasteiger partial charge in [-0.15, -0.1) is 0 Å². The van der Waals surface area contributed by atoms with Crippen LogP contribution in [0.2, 0.25) is 0 Å². The van der Waals surface area contributed by atoms with Crippen LogP contribution in [0, 0.1) is 0 Å². The minimum absolute atomic E-state index is 1.33. The number of unbranched alkanes of at least 4 members (excludes halogenated alkanes) is 2. The van der Waals surface area contributed by atoms with E-state index in [1.165, 1.54) is 57.4 Å². The first kappa shape index (κ1) is 10.4. The van der Waals surface area contributed by atoms with Gasteiger partial charge in [0.2, 0.25) is 0 Å². The molecule has 0 spiro atoms. The molecule has 1 aliphatic rings. The molecule has 1 fully saturated rings. The second-order valence-electron chi connectivity index (χ2n) is 3.53. The summed E-state index contributed by atoms with van der Waals surface area (Å²) in [5.41, 5.74) is 0. The van der Waals surface area contributed by atoms with Gasteiger partial charge in [-0.2, -0.15) is 0 Å². The summed E-state index contributed by atoms with van der Waals surface area (Å²) in [6, 6.07) is 0. The Kier molecular flexibility index (Phi) is 5.88. The van der Waals surface area contributed by atoms with Crippen LogP contribution in [-0.2, 0) is 0 Å². The third-order valence-corrected chi connectivity index (χ3v) is 3.54. The Balaban J connectivity index is 1.91. The molecule has 1 nitrogen and oxygen atoms in total. The SMILES string of the molecule is CCCCCSN1CCCCC1. The van der Waals surface area contributed by atoms with Crippen LogP contribution in [0.25, 0.3) is 0 Å². The van der Waals surface area contributed by atoms with Crippen LogP contribution in [0.1, 0.15) is 45.4 Å². The van der Waals surface area contributed by atoms with E-state index < -0.39 is 0 Å². The molecule has 12 heavy (non-hydrogen) atoms. The van der Waals surface area contributed by atoms with Gasteiger partial charge in [0.1, 0.15) is 0 Å². The summed E-state index contributed by atoms with van der Waals surface area (Å²) in [7, 11) is 0. The lowest BCUT2D eigenvalue weighted by Crippen LogP contribution is -2.23. The molecule has 2 heteroatoms. The topological polar surface area (TPSA) is 3.24 Å². The molecule has 0 aliphatic carbocycles. The van der Waals surface area contributed by atoms with Gasteiger partial charge in [0.15, 0.2) is 0 Å². The Labute approximate surface area is 81.0 Å². The average molecular weight is 187 g/mol. The van der Waals surface area contributed by atoms with Gasteiger partial charge in [0.25, 0.3) is 0 Å². The zero-order chi connectivity index (χ0) is 8.65. The fraction of sp³-hybridized carbons (Fsp3) is 1.00. The maximum atomic E-state index is 2.55. The van der Waals surface area contributed by atoms with E-state index in [0.717, 1.165) is 0 Å². The van der Waals surface area contributed by atoms with Crippen molar-refractivity contribution < 1.29 is 0 Å². The lowest BCUT2D eigenvalue weighted by Gasteiger charge is -2.24. The number of rotatable bonds is 5. The molecule has 1 rings (SSSR count). The monoisotopic (exact) mass is 187 g/mol. The molecule has 72 valence electrons. The molecule has 1 aliphatic heterocycles. The van der Waals surface area contributed by atoms with Gasteiger partial charge >= 0.3 is 0 Å². The Morgan fingerprint density at radius 2 is 1.83 bits per heavy atom. The molecule has 0 bridgehead atoms. The predicted molar refractivity (Wildman–Crippen MR) is 57.4 cm³/mol. The van der Waals surface area contributed by atoms with Crippen molar-refractivity contribution in [2.75, 3.05) is 18.8 Å². The second-order valence-corrected chi connectivity index (χ2v) is 4.71. The van der Waals surface area contributed by atoms with Gasteiger partial charge in [-0.3, -0.25) is 4.31 Å². The summed E-state index contributed by atoms with van der Waals surface area (Å²) in [4.78, 5) is 0. The number of hydrogen-bond donors (Lipinski definition) is 0. The van der Waals surface area contributed by atoms with Crippen LogP contribution in [0.5, 0.6) is 0 Å². The van der Waals surface area contributed by atoms with Crippen LogP contribution >= 0.6 is 11.9 Å².